The third kappa shape index (κ3) is 3.44. The molecule has 0 saturated carbocycles. The van der Waals surface area contributed by atoms with Crippen LogP contribution in [0.1, 0.15) is 44.0 Å². The lowest BCUT2D eigenvalue weighted by Crippen LogP contribution is -2.39. The number of thiazole rings is 1. The zero-order valence-electron chi connectivity index (χ0n) is 13.4. The highest BCUT2D eigenvalue weighted by Gasteiger charge is 2.26. The molecule has 0 bridgehead atoms. The molecular formula is C16H23N5S. The summed E-state index contributed by atoms with van der Waals surface area (Å²) in [6, 6.07) is 0.581. The molecular weight excluding hydrogens is 294 g/mol. The zero-order chi connectivity index (χ0) is 15.5. The number of anilines is 2. The number of hydrogen-bond acceptors (Lipinski definition) is 6. The van der Waals surface area contributed by atoms with Crippen LogP contribution in [0.15, 0.2) is 17.8 Å². The summed E-state index contributed by atoms with van der Waals surface area (Å²) in [6.07, 6.45) is 5.93. The molecule has 1 N–H and O–H groups in total. The fraction of sp³-hybridized carbons (Fsp3) is 0.562. The van der Waals surface area contributed by atoms with Crippen molar-refractivity contribution in [3.8, 4) is 0 Å². The average Bonchev–Trinajstić information content (AvgIpc) is 2.93. The summed E-state index contributed by atoms with van der Waals surface area (Å²) in [5.41, 5.74) is 2.10. The number of likely N-dealkylation sites (tertiary alicyclic amines) is 1. The normalized spacial score (nSPS) is 19.5. The number of hydrogen-bond donors (Lipinski definition) is 1. The molecule has 118 valence electrons. The number of rotatable bonds is 4. The monoisotopic (exact) mass is 317 g/mol. The minimum absolute atomic E-state index is 0.438. The van der Waals surface area contributed by atoms with Crippen molar-refractivity contribution in [1.29, 1.82) is 0 Å². The smallest absolute Gasteiger partial charge is 0.188 e. The molecule has 5 nitrogen and oxygen atoms in total. The van der Waals surface area contributed by atoms with Gasteiger partial charge in [-0.15, -0.1) is 11.3 Å². The molecule has 0 unspecified atom stereocenters. The molecule has 1 atom stereocenters. The van der Waals surface area contributed by atoms with Gasteiger partial charge in [0, 0.05) is 36.3 Å². The van der Waals surface area contributed by atoms with E-state index in [-0.39, 0.29) is 0 Å². The number of nitrogens with one attached hydrogen (secondary N) is 1. The molecule has 0 spiro atoms. The molecule has 0 aliphatic carbocycles. The highest BCUT2D eigenvalue weighted by atomic mass is 32.1. The van der Waals surface area contributed by atoms with Crippen LogP contribution in [0.5, 0.6) is 0 Å². The van der Waals surface area contributed by atoms with E-state index in [1.807, 2.05) is 12.3 Å². The van der Waals surface area contributed by atoms with Gasteiger partial charge in [-0.2, -0.15) is 0 Å². The van der Waals surface area contributed by atoms with Crippen LogP contribution in [-0.4, -0.2) is 39.0 Å². The Labute approximate surface area is 135 Å². The van der Waals surface area contributed by atoms with Crippen molar-refractivity contribution in [3.63, 3.8) is 0 Å². The molecule has 3 rings (SSSR count). The number of aryl methyl sites for hydroxylation is 1. The molecule has 2 aromatic heterocycles. The van der Waals surface area contributed by atoms with Crippen molar-refractivity contribution in [3.05, 3.63) is 29.2 Å². The fourth-order valence-electron chi connectivity index (χ4n) is 2.96. The van der Waals surface area contributed by atoms with Crippen LogP contribution >= 0.6 is 11.3 Å². The molecule has 3 heterocycles. The molecule has 22 heavy (non-hydrogen) atoms. The van der Waals surface area contributed by atoms with Crippen molar-refractivity contribution < 1.29 is 0 Å². The quantitative estimate of drug-likeness (QED) is 0.934. The van der Waals surface area contributed by atoms with Gasteiger partial charge in [0.25, 0.3) is 0 Å². The van der Waals surface area contributed by atoms with E-state index in [0.29, 0.717) is 12.0 Å². The maximum absolute atomic E-state index is 4.62. The SMILES string of the molecule is Cc1csc(Nc2nccnc2[C@@H]2CCCN(C(C)C)C2)n1. The van der Waals surface area contributed by atoms with Gasteiger partial charge in [0.1, 0.15) is 0 Å². The Morgan fingerprint density at radius 1 is 1.32 bits per heavy atom. The highest BCUT2D eigenvalue weighted by Crippen LogP contribution is 2.31. The first-order chi connectivity index (χ1) is 10.6. The Kier molecular flexibility index (Phi) is 4.69. The topological polar surface area (TPSA) is 53.9 Å². The molecule has 0 amide bonds. The van der Waals surface area contributed by atoms with Crippen molar-refractivity contribution >= 4 is 22.3 Å². The second-order valence-electron chi connectivity index (χ2n) is 6.14. The summed E-state index contributed by atoms with van der Waals surface area (Å²) in [4.78, 5) is 16.1. The lowest BCUT2D eigenvalue weighted by molar-refractivity contribution is 0.166. The van der Waals surface area contributed by atoms with Crippen molar-refractivity contribution in [2.24, 2.45) is 0 Å². The van der Waals surface area contributed by atoms with Crippen LogP contribution in [0.3, 0.4) is 0 Å². The second kappa shape index (κ2) is 6.71. The Morgan fingerprint density at radius 2 is 2.14 bits per heavy atom. The van der Waals surface area contributed by atoms with Crippen LogP contribution in [0.4, 0.5) is 10.9 Å². The Balaban J connectivity index is 1.81. The van der Waals surface area contributed by atoms with Gasteiger partial charge < -0.3 is 10.2 Å². The summed E-state index contributed by atoms with van der Waals surface area (Å²) in [5, 5.41) is 6.28. The van der Waals surface area contributed by atoms with E-state index in [4.69, 9.17) is 0 Å². The van der Waals surface area contributed by atoms with Gasteiger partial charge in [-0.1, -0.05) is 0 Å². The van der Waals surface area contributed by atoms with Gasteiger partial charge in [-0.3, -0.25) is 4.98 Å². The first kappa shape index (κ1) is 15.4. The van der Waals surface area contributed by atoms with Gasteiger partial charge in [0.2, 0.25) is 0 Å². The first-order valence-corrected chi connectivity index (χ1v) is 8.75. The average molecular weight is 317 g/mol. The standard InChI is InChI=1S/C16H23N5S/c1-11(2)21-8-4-5-13(9-21)14-15(18-7-6-17-14)20-16-19-12(3)10-22-16/h6-7,10-11,13H,4-5,8-9H2,1-3H3,(H,18,19,20)/t13-/m1/s1. The predicted octanol–water partition coefficient (Wildman–Crippen LogP) is 3.57. The molecule has 1 aliphatic rings. The number of piperidine rings is 1. The number of aromatic nitrogens is 3. The molecule has 0 aromatic carbocycles. The van der Waals surface area contributed by atoms with Gasteiger partial charge in [-0.25, -0.2) is 9.97 Å². The second-order valence-corrected chi connectivity index (χ2v) is 7.00. The summed E-state index contributed by atoms with van der Waals surface area (Å²) in [6.45, 7) is 8.76. The zero-order valence-corrected chi connectivity index (χ0v) is 14.2. The maximum atomic E-state index is 4.62. The Hall–Kier alpha value is -1.53. The minimum atomic E-state index is 0.438. The summed E-state index contributed by atoms with van der Waals surface area (Å²) in [7, 11) is 0. The van der Waals surface area contributed by atoms with E-state index in [2.05, 4.69) is 39.0 Å². The van der Waals surface area contributed by atoms with E-state index in [1.165, 1.54) is 19.4 Å². The third-order valence-corrected chi connectivity index (χ3v) is 5.02. The summed E-state index contributed by atoms with van der Waals surface area (Å²) in [5.74, 6) is 1.29. The largest absolute Gasteiger partial charge is 0.315 e. The van der Waals surface area contributed by atoms with Gasteiger partial charge in [-0.05, 0) is 40.2 Å². The van der Waals surface area contributed by atoms with Gasteiger partial charge in [0.15, 0.2) is 10.9 Å². The highest BCUT2D eigenvalue weighted by molar-refractivity contribution is 7.13. The predicted molar refractivity (Wildman–Crippen MR) is 90.8 cm³/mol. The van der Waals surface area contributed by atoms with Gasteiger partial charge >= 0.3 is 0 Å². The lowest BCUT2D eigenvalue weighted by Gasteiger charge is -2.35. The van der Waals surface area contributed by atoms with Gasteiger partial charge in [0.05, 0.1) is 11.4 Å². The van der Waals surface area contributed by atoms with E-state index >= 15 is 0 Å². The molecule has 0 radical (unpaired) electrons. The number of nitrogens with zero attached hydrogens (tertiary/aromatic N) is 4. The van der Waals surface area contributed by atoms with Crippen LogP contribution in [-0.2, 0) is 0 Å². The molecule has 1 aliphatic heterocycles. The Morgan fingerprint density at radius 3 is 2.86 bits per heavy atom. The summed E-state index contributed by atoms with van der Waals surface area (Å²) < 4.78 is 0. The van der Waals surface area contributed by atoms with E-state index < -0.39 is 0 Å². The molecule has 2 aromatic rings. The van der Waals surface area contributed by atoms with Crippen LogP contribution < -0.4 is 5.32 Å². The van der Waals surface area contributed by atoms with E-state index in [0.717, 1.165) is 28.9 Å². The van der Waals surface area contributed by atoms with Crippen LogP contribution in [0.2, 0.25) is 0 Å². The van der Waals surface area contributed by atoms with E-state index in [1.54, 1.807) is 23.7 Å². The van der Waals surface area contributed by atoms with Crippen molar-refractivity contribution in [1.82, 2.24) is 19.9 Å². The van der Waals surface area contributed by atoms with Crippen LogP contribution in [0, 0.1) is 6.92 Å². The van der Waals surface area contributed by atoms with Crippen molar-refractivity contribution in [2.45, 2.75) is 45.6 Å². The lowest BCUT2D eigenvalue weighted by atomic mass is 9.93. The Bertz CT molecular complexity index is 625. The van der Waals surface area contributed by atoms with E-state index in [9.17, 15) is 0 Å². The molecule has 6 heteroatoms. The summed E-state index contributed by atoms with van der Waals surface area (Å²) >= 11 is 1.60. The minimum Gasteiger partial charge on any atom is -0.315 e. The molecule has 1 fully saturated rings. The van der Waals surface area contributed by atoms with Crippen molar-refractivity contribution in [2.75, 3.05) is 18.4 Å². The third-order valence-electron chi connectivity index (χ3n) is 4.14. The van der Waals surface area contributed by atoms with Crippen LogP contribution in [0.25, 0.3) is 0 Å². The first-order valence-electron chi connectivity index (χ1n) is 7.87. The fourth-order valence-corrected chi connectivity index (χ4v) is 3.64. The molecule has 1 saturated heterocycles. The maximum Gasteiger partial charge on any atom is 0.188 e.